The van der Waals surface area contributed by atoms with E-state index in [2.05, 4.69) is 11.2 Å². The summed E-state index contributed by atoms with van der Waals surface area (Å²) < 4.78 is 1.89. The van der Waals surface area contributed by atoms with Crippen molar-refractivity contribution in [2.45, 2.75) is 6.54 Å². The Morgan fingerprint density at radius 2 is 2.11 bits per heavy atom. The van der Waals surface area contributed by atoms with Gasteiger partial charge in [0.1, 0.15) is 0 Å². The number of benzene rings is 1. The Kier molecular flexibility index (Phi) is 3.38. The fraction of sp³-hybridized carbons (Fsp3) is 0.0714. The standard InChI is InChI=1S/C14H12ClN3S/c15-10-3-1-4-12(7-10)18-13(8-11(9-16)17-18)14-5-2-6-19-14/h1-8H,9,16H2. The van der Waals surface area contributed by atoms with Gasteiger partial charge in [-0.25, -0.2) is 4.68 Å². The minimum absolute atomic E-state index is 0.423. The van der Waals surface area contributed by atoms with Gasteiger partial charge in [-0.3, -0.25) is 0 Å². The van der Waals surface area contributed by atoms with Crippen molar-refractivity contribution < 1.29 is 0 Å². The van der Waals surface area contributed by atoms with Crippen LogP contribution in [0.4, 0.5) is 0 Å². The first-order valence-electron chi connectivity index (χ1n) is 5.87. The highest BCUT2D eigenvalue weighted by Crippen LogP contribution is 2.28. The van der Waals surface area contributed by atoms with E-state index in [-0.39, 0.29) is 0 Å². The van der Waals surface area contributed by atoms with E-state index in [0.29, 0.717) is 11.6 Å². The van der Waals surface area contributed by atoms with Gasteiger partial charge in [0, 0.05) is 11.6 Å². The van der Waals surface area contributed by atoms with Crippen molar-refractivity contribution in [2.24, 2.45) is 5.73 Å². The zero-order chi connectivity index (χ0) is 13.2. The zero-order valence-corrected chi connectivity index (χ0v) is 11.7. The minimum Gasteiger partial charge on any atom is -0.325 e. The van der Waals surface area contributed by atoms with E-state index in [4.69, 9.17) is 17.3 Å². The summed E-state index contributed by atoms with van der Waals surface area (Å²) in [7, 11) is 0. The molecule has 0 saturated heterocycles. The maximum absolute atomic E-state index is 6.05. The molecule has 3 rings (SSSR count). The molecule has 5 heteroatoms. The van der Waals surface area contributed by atoms with Crippen LogP contribution >= 0.6 is 22.9 Å². The fourth-order valence-electron chi connectivity index (χ4n) is 1.93. The van der Waals surface area contributed by atoms with Crippen molar-refractivity contribution >= 4 is 22.9 Å². The van der Waals surface area contributed by atoms with Gasteiger partial charge in [0.05, 0.1) is 22.0 Å². The summed E-state index contributed by atoms with van der Waals surface area (Å²) in [5.41, 5.74) is 8.54. The van der Waals surface area contributed by atoms with Crippen LogP contribution in [-0.4, -0.2) is 9.78 Å². The molecule has 0 aliphatic carbocycles. The predicted octanol–water partition coefficient (Wildman–Crippen LogP) is 3.71. The van der Waals surface area contributed by atoms with Gasteiger partial charge in [-0.2, -0.15) is 5.10 Å². The van der Waals surface area contributed by atoms with E-state index < -0.39 is 0 Å². The molecule has 19 heavy (non-hydrogen) atoms. The van der Waals surface area contributed by atoms with Gasteiger partial charge < -0.3 is 5.73 Å². The maximum Gasteiger partial charge on any atom is 0.0844 e. The summed E-state index contributed by atoms with van der Waals surface area (Å²) in [5, 5.41) is 7.28. The molecular formula is C14H12ClN3S. The average molecular weight is 290 g/mol. The molecule has 0 unspecified atom stereocenters. The van der Waals surface area contributed by atoms with E-state index in [9.17, 15) is 0 Å². The van der Waals surface area contributed by atoms with Gasteiger partial charge in [0.15, 0.2) is 0 Å². The van der Waals surface area contributed by atoms with Crippen LogP contribution in [0.2, 0.25) is 5.02 Å². The lowest BCUT2D eigenvalue weighted by molar-refractivity contribution is 0.839. The topological polar surface area (TPSA) is 43.8 Å². The molecule has 2 N–H and O–H groups in total. The lowest BCUT2D eigenvalue weighted by atomic mass is 10.3. The Morgan fingerprint density at radius 3 is 2.79 bits per heavy atom. The number of nitrogens with two attached hydrogens (primary N) is 1. The summed E-state index contributed by atoms with van der Waals surface area (Å²) >= 11 is 7.73. The first kappa shape index (κ1) is 12.4. The molecule has 2 heterocycles. The Morgan fingerprint density at radius 1 is 1.21 bits per heavy atom. The highest BCUT2D eigenvalue weighted by molar-refractivity contribution is 7.13. The average Bonchev–Trinajstić information content (AvgIpc) is 3.07. The molecule has 0 bridgehead atoms. The molecule has 3 aromatic rings. The summed E-state index contributed by atoms with van der Waals surface area (Å²) in [6.45, 7) is 0.423. The zero-order valence-electron chi connectivity index (χ0n) is 10.1. The molecule has 0 fully saturated rings. The van der Waals surface area contributed by atoms with Crippen molar-refractivity contribution in [1.82, 2.24) is 9.78 Å². The summed E-state index contributed by atoms with van der Waals surface area (Å²) in [6.07, 6.45) is 0. The van der Waals surface area contributed by atoms with Crippen LogP contribution in [0.3, 0.4) is 0 Å². The van der Waals surface area contributed by atoms with Crippen LogP contribution in [0.25, 0.3) is 16.3 Å². The number of halogens is 1. The number of aromatic nitrogens is 2. The normalized spacial score (nSPS) is 10.8. The van der Waals surface area contributed by atoms with Gasteiger partial charge in [-0.15, -0.1) is 11.3 Å². The molecule has 96 valence electrons. The van der Waals surface area contributed by atoms with Crippen molar-refractivity contribution in [3.05, 3.63) is 58.6 Å². The molecule has 3 nitrogen and oxygen atoms in total. The van der Waals surface area contributed by atoms with E-state index in [1.807, 2.05) is 46.5 Å². The van der Waals surface area contributed by atoms with Gasteiger partial charge >= 0.3 is 0 Å². The van der Waals surface area contributed by atoms with Crippen LogP contribution in [0.1, 0.15) is 5.69 Å². The van der Waals surface area contributed by atoms with Crippen LogP contribution in [-0.2, 0) is 6.54 Å². The van der Waals surface area contributed by atoms with Crippen molar-refractivity contribution in [1.29, 1.82) is 0 Å². The molecular weight excluding hydrogens is 278 g/mol. The first-order valence-corrected chi connectivity index (χ1v) is 7.12. The summed E-state index contributed by atoms with van der Waals surface area (Å²) in [5.74, 6) is 0. The quantitative estimate of drug-likeness (QED) is 0.799. The molecule has 0 aliphatic heterocycles. The van der Waals surface area contributed by atoms with Crippen LogP contribution in [0.5, 0.6) is 0 Å². The molecule has 2 aromatic heterocycles. The van der Waals surface area contributed by atoms with E-state index >= 15 is 0 Å². The van der Waals surface area contributed by atoms with Crippen molar-refractivity contribution in [3.63, 3.8) is 0 Å². The van der Waals surface area contributed by atoms with Gasteiger partial charge in [-0.05, 0) is 35.7 Å². The summed E-state index contributed by atoms with van der Waals surface area (Å²) in [4.78, 5) is 1.16. The van der Waals surface area contributed by atoms with Crippen molar-refractivity contribution in [3.8, 4) is 16.3 Å². The molecule has 0 saturated carbocycles. The third kappa shape index (κ3) is 2.42. The minimum atomic E-state index is 0.423. The molecule has 1 aromatic carbocycles. The van der Waals surface area contributed by atoms with Crippen LogP contribution in [0, 0.1) is 0 Å². The lowest BCUT2D eigenvalue weighted by Crippen LogP contribution is -2.01. The Balaban J connectivity index is 2.17. The number of thiophene rings is 1. The Bertz CT molecular complexity index is 689. The molecule has 0 radical (unpaired) electrons. The second-order valence-corrected chi connectivity index (χ2v) is 5.48. The number of hydrogen-bond acceptors (Lipinski definition) is 3. The Labute approximate surface area is 120 Å². The van der Waals surface area contributed by atoms with Gasteiger partial charge in [0.2, 0.25) is 0 Å². The van der Waals surface area contributed by atoms with Gasteiger partial charge in [-0.1, -0.05) is 23.7 Å². The van der Waals surface area contributed by atoms with Crippen LogP contribution in [0.15, 0.2) is 47.8 Å². The molecule has 0 atom stereocenters. The van der Waals surface area contributed by atoms with Gasteiger partial charge in [0.25, 0.3) is 0 Å². The molecule has 0 spiro atoms. The number of hydrogen-bond donors (Lipinski definition) is 1. The molecule has 0 amide bonds. The molecule has 0 aliphatic rings. The van der Waals surface area contributed by atoms with E-state index in [0.717, 1.165) is 22.0 Å². The number of nitrogens with zero attached hydrogens (tertiary/aromatic N) is 2. The third-order valence-corrected chi connectivity index (χ3v) is 3.92. The van der Waals surface area contributed by atoms with E-state index in [1.54, 1.807) is 11.3 Å². The highest BCUT2D eigenvalue weighted by atomic mass is 35.5. The predicted molar refractivity (Wildman–Crippen MR) is 79.8 cm³/mol. The van der Waals surface area contributed by atoms with E-state index in [1.165, 1.54) is 0 Å². The fourth-order valence-corrected chi connectivity index (χ4v) is 2.85. The largest absolute Gasteiger partial charge is 0.325 e. The lowest BCUT2D eigenvalue weighted by Gasteiger charge is -2.06. The van der Waals surface area contributed by atoms with Crippen molar-refractivity contribution in [2.75, 3.05) is 0 Å². The second kappa shape index (κ2) is 5.17. The summed E-state index contributed by atoms with van der Waals surface area (Å²) in [6, 6.07) is 13.8. The van der Waals surface area contributed by atoms with Crippen LogP contribution < -0.4 is 5.73 Å². The highest BCUT2D eigenvalue weighted by Gasteiger charge is 2.11. The smallest absolute Gasteiger partial charge is 0.0844 e. The monoisotopic (exact) mass is 289 g/mol. The Hall–Kier alpha value is -1.62. The first-order chi connectivity index (χ1) is 9.28. The third-order valence-electron chi connectivity index (χ3n) is 2.80. The number of rotatable bonds is 3. The SMILES string of the molecule is NCc1cc(-c2cccs2)n(-c2cccc(Cl)c2)n1. The second-order valence-electron chi connectivity index (χ2n) is 4.09. The maximum atomic E-state index is 6.05.